The molecule has 0 fully saturated rings. The first-order valence-electron chi connectivity index (χ1n) is 4.53. The summed E-state index contributed by atoms with van der Waals surface area (Å²) in [4.78, 5) is 0. The van der Waals surface area contributed by atoms with E-state index in [0.29, 0.717) is 16.0 Å². The zero-order valence-corrected chi connectivity index (χ0v) is 10.8. The van der Waals surface area contributed by atoms with Crippen molar-refractivity contribution in [3.63, 3.8) is 0 Å². The third kappa shape index (κ3) is 4.86. The largest absolute Gasteiger partial charge is 0.327 e. The van der Waals surface area contributed by atoms with Crippen LogP contribution in [0.15, 0.2) is 22.7 Å². The summed E-state index contributed by atoms with van der Waals surface area (Å²) in [7, 11) is -1.03. The maximum atomic E-state index is 13.0. The monoisotopic (exact) mass is 293 g/mol. The van der Waals surface area contributed by atoms with Crippen molar-refractivity contribution in [3.05, 3.63) is 34.1 Å². The number of hydrogen-bond acceptors (Lipinski definition) is 2. The molecule has 0 saturated heterocycles. The first-order valence-corrected chi connectivity index (χ1v) is 6.81. The molecule has 0 spiro atoms. The molecule has 2 unspecified atom stereocenters. The molecule has 1 aromatic carbocycles. The smallest absolute Gasteiger partial charge is 0.124 e. The highest BCUT2D eigenvalue weighted by Crippen LogP contribution is 2.16. The maximum Gasteiger partial charge on any atom is 0.124 e. The van der Waals surface area contributed by atoms with Gasteiger partial charge in [-0.2, -0.15) is 0 Å². The number of rotatable bonds is 4. The lowest BCUT2D eigenvalue weighted by Gasteiger charge is -2.06. The van der Waals surface area contributed by atoms with E-state index < -0.39 is 10.8 Å². The molecule has 2 atom stereocenters. The van der Waals surface area contributed by atoms with Crippen LogP contribution in [0.5, 0.6) is 0 Å². The summed E-state index contributed by atoms with van der Waals surface area (Å²) in [6.45, 7) is 1.80. The van der Waals surface area contributed by atoms with Crippen molar-refractivity contribution in [1.82, 2.24) is 0 Å². The SMILES string of the molecule is CC(N)CS(=O)Cc1cc(F)cc(Br)c1. The van der Waals surface area contributed by atoms with Crippen LogP contribution in [0, 0.1) is 5.82 Å². The Hall–Kier alpha value is -0.260. The van der Waals surface area contributed by atoms with Gasteiger partial charge < -0.3 is 5.73 Å². The number of hydrogen-bond donors (Lipinski definition) is 1. The van der Waals surface area contributed by atoms with Crippen molar-refractivity contribution >= 4 is 26.7 Å². The summed E-state index contributed by atoms with van der Waals surface area (Å²) in [5.41, 5.74) is 6.25. The van der Waals surface area contributed by atoms with Crippen molar-refractivity contribution < 1.29 is 8.60 Å². The average molecular weight is 294 g/mol. The zero-order valence-electron chi connectivity index (χ0n) is 8.37. The van der Waals surface area contributed by atoms with Crippen LogP contribution in [0.1, 0.15) is 12.5 Å². The van der Waals surface area contributed by atoms with Crippen LogP contribution in [-0.4, -0.2) is 16.0 Å². The van der Waals surface area contributed by atoms with Crippen LogP contribution in [-0.2, 0) is 16.6 Å². The second-order valence-corrected chi connectivity index (χ2v) is 5.92. The quantitative estimate of drug-likeness (QED) is 0.925. The summed E-state index contributed by atoms with van der Waals surface area (Å²) in [6, 6.07) is 4.44. The summed E-state index contributed by atoms with van der Waals surface area (Å²) < 4.78 is 25.2. The van der Waals surface area contributed by atoms with Crippen molar-refractivity contribution in [3.8, 4) is 0 Å². The average Bonchev–Trinajstić information content (AvgIpc) is 1.98. The van der Waals surface area contributed by atoms with E-state index in [0.717, 1.165) is 5.56 Å². The first-order chi connectivity index (χ1) is 6.97. The maximum absolute atomic E-state index is 13.0. The standard InChI is InChI=1S/C10H13BrFNOS/c1-7(13)5-15(14)6-8-2-9(11)4-10(12)3-8/h2-4,7H,5-6,13H2,1H3. The minimum atomic E-state index is -1.03. The summed E-state index contributed by atoms with van der Waals surface area (Å²) in [5.74, 6) is 0.462. The molecule has 0 bridgehead atoms. The molecular weight excluding hydrogens is 281 g/mol. The van der Waals surface area contributed by atoms with Crippen LogP contribution in [0.4, 0.5) is 4.39 Å². The minimum Gasteiger partial charge on any atom is -0.327 e. The topological polar surface area (TPSA) is 43.1 Å². The van der Waals surface area contributed by atoms with E-state index in [-0.39, 0.29) is 11.9 Å². The van der Waals surface area contributed by atoms with Gasteiger partial charge in [-0.15, -0.1) is 0 Å². The number of benzene rings is 1. The summed E-state index contributed by atoms with van der Waals surface area (Å²) >= 11 is 3.19. The Morgan fingerprint density at radius 1 is 1.53 bits per heavy atom. The Labute approximate surface area is 99.6 Å². The lowest BCUT2D eigenvalue weighted by atomic mass is 10.2. The van der Waals surface area contributed by atoms with Crippen molar-refractivity contribution in [2.45, 2.75) is 18.7 Å². The minimum absolute atomic E-state index is 0.0946. The Balaban J connectivity index is 2.68. The second kappa shape index (κ2) is 5.72. The molecule has 0 heterocycles. The normalized spacial score (nSPS) is 14.9. The van der Waals surface area contributed by atoms with E-state index in [1.54, 1.807) is 13.0 Å². The molecule has 5 heteroatoms. The molecule has 0 aliphatic carbocycles. The van der Waals surface area contributed by atoms with Gasteiger partial charge in [0.25, 0.3) is 0 Å². The summed E-state index contributed by atoms with van der Waals surface area (Å²) in [5, 5.41) is 0. The Kier molecular flexibility index (Phi) is 4.89. The molecule has 0 aromatic heterocycles. The third-order valence-electron chi connectivity index (χ3n) is 1.70. The van der Waals surface area contributed by atoms with Gasteiger partial charge in [-0.1, -0.05) is 15.9 Å². The number of nitrogens with two attached hydrogens (primary N) is 1. The van der Waals surface area contributed by atoms with Crippen LogP contribution >= 0.6 is 15.9 Å². The van der Waals surface area contributed by atoms with Gasteiger partial charge in [-0.05, 0) is 30.7 Å². The van der Waals surface area contributed by atoms with E-state index in [1.807, 2.05) is 0 Å². The number of halogens is 2. The highest BCUT2D eigenvalue weighted by atomic mass is 79.9. The Bertz CT molecular complexity index is 350. The van der Waals surface area contributed by atoms with Crippen molar-refractivity contribution in [2.75, 3.05) is 5.75 Å². The van der Waals surface area contributed by atoms with Gasteiger partial charge in [0, 0.05) is 32.8 Å². The highest BCUT2D eigenvalue weighted by Gasteiger charge is 2.06. The lowest BCUT2D eigenvalue weighted by Crippen LogP contribution is -2.23. The van der Waals surface area contributed by atoms with Crippen LogP contribution < -0.4 is 5.73 Å². The molecule has 2 nitrogen and oxygen atoms in total. The molecule has 0 amide bonds. The lowest BCUT2D eigenvalue weighted by molar-refractivity contribution is 0.625. The van der Waals surface area contributed by atoms with Gasteiger partial charge in [0.2, 0.25) is 0 Å². The van der Waals surface area contributed by atoms with Gasteiger partial charge in [0.15, 0.2) is 0 Å². The molecule has 0 saturated carbocycles. The van der Waals surface area contributed by atoms with E-state index in [1.165, 1.54) is 12.1 Å². The van der Waals surface area contributed by atoms with E-state index in [9.17, 15) is 8.60 Å². The fourth-order valence-corrected chi connectivity index (χ4v) is 2.99. The van der Waals surface area contributed by atoms with E-state index in [2.05, 4.69) is 15.9 Å². The Morgan fingerprint density at radius 2 is 2.20 bits per heavy atom. The van der Waals surface area contributed by atoms with Gasteiger partial charge in [0.05, 0.1) is 0 Å². The fourth-order valence-electron chi connectivity index (χ4n) is 1.23. The van der Waals surface area contributed by atoms with Gasteiger partial charge in [-0.25, -0.2) is 4.39 Å². The first kappa shape index (κ1) is 12.8. The molecule has 0 aliphatic heterocycles. The molecule has 2 N–H and O–H groups in total. The molecule has 0 aliphatic rings. The molecule has 15 heavy (non-hydrogen) atoms. The van der Waals surface area contributed by atoms with Gasteiger partial charge in [-0.3, -0.25) is 4.21 Å². The summed E-state index contributed by atoms with van der Waals surface area (Å²) in [6.07, 6.45) is 0. The van der Waals surface area contributed by atoms with Crippen LogP contribution in [0.2, 0.25) is 0 Å². The molecule has 1 aromatic rings. The van der Waals surface area contributed by atoms with Gasteiger partial charge >= 0.3 is 0 Å². The molecular formula is C10H13BrFNOS. The third-order valence-corrected chi connectivity index (χ3v) is 3.71. The predicted molar refractivity (Wildman–Crippen MR) is 64.5 cm³/mol. The second-order valence-electron chi connectivity index (χ2n) is 3.51. The molecule has 0 radical (unpaired) electrons. The zero-order chi connectivity index (χ0) is 11.4. The van der Waals surface area contributed by atoms with Gasteiger partial charge in [0.1, 0.15) is 5.82 Å². The Morgan fingerprint density at radius 3 is 2.73 bits per heavy atom. The fraction of sp³-hybridized carbons (Fsp3) is 0.400. The van der Waals surface area contributed by atoms with E-state index >= 15 is 0 Å². The molecule has 1 rings (SSSR count). The van der Waals surface area contributed by atoms with Crippen LogP contribution in [0.3, 0.4) is 0 Å². The highest BCUT2D eigenvalue weighted by molar-refractivity contribution is 9.10. The predicted octanol–water partition coefficient (Wildman–Crippen LogP) is 2.18. The van der Waals surface area contributed by atoms with Crippen molar-refractivity contribution in [2.24, 2.45) is 5.73 Å². The molecule has 84 valence electrons. The van der Waals surface area contributed by atoms with E-state index in [4.69, 9.17) is 5.73 Å². The van der Waals surface area contributed by atoms with Crippen LogP contribution in [0.25, 0.3) is 0 Å². The van der Waals surface area contributed by atoms with Crippen molar-refractivity contribution in [1.29, 1.82) is 0 Å².